The van der Waals surface area contributed by atoms with Gasteiger partial charge in [0.2, 0.25) is 5.91 Å². The molecule has 1 aliphatic rings. The van der Waals surface area contributed by atoms with Gasteiger partial charge in [-0.3, -0.25) is 4.79 Å². The van der Waals surface area contributed by atoms with Crippen molar-refractivity contribution in [2.24, 2.45) is 5.73 Å². The van der Waals surface area contributed by atoms with Gasteiger partial charge in [0.05, 0.1) is 0 Å². The van der Waals surface area contributed by atoms with Crippen LogP contribution in [-0.4, -0.2) is 20.9 Å². The first-order chi connectivity index (χ1) is 13.4. The molecule has 0 aliphatic carbocycles. The fourth-order valence-corrected chi connectivity index (χ4v) is 4.79. The summed E-state index contributed by atoms with van der Waals surface area (Å²) >= 11 is 0. The number of fused-ring (bicyclic) bond motifs is 2. The minimum atomic E-state index is -4.02. The highest BCUT2D eigenvalue weighted by molar-refractivity contribution is 7.87. The second-order valence-corrected chi connectivity index (χ2v) is 8.38. The van der Waals surface area contributed by atoms with E-state index in [0.29, 0.717) is 18.4 Å². The largest absolute Gasteiger partial charge is 0.379 e. The van der Waals surface area contributed by atoms with Gasteiger partial charge in [-0.2, -0.15) is 8.42 Å². The van der Waals surface area contributed by atoms with Gasteiger partial charge in [0.1, 0.15) is 16.7 Å². The van der Waals surface area contributed by atoms with Crippen LogP contribution in [0.1, 0.15) is 22.7 Å². The number of nitrogens with one attached hydrogen (secondary N) is 1. The van der Waals surface area contributed by atoms with Gasteiger partial charge in [-0.15, -0.1) is 0 Å². The van der Waals surface area contributed by atoms with E-state index >= 15 is 0 Å². The van der Waals surface area contributed by atoms with E-state index in [2.05, 4.69) is 5.32 Å². The molecule has 0 bridgehead atoms. The van der Waals surface area contributed by atoms with E-state index in [1.807, 2.05) is 19.1 Å². The third-order valence-electron chi connectivity index (χ3n) is 5.03. The van der Waals surface area contributed by atoms with Gasteiger partial charge < -0.3 is 15.2 Å². The van der Waals surface area contributed by atoms with Gasteiger partial charge in [-0.25, -0.2) is 0 Å². The van der Waals surface area contributed by atoms with E-state index < -0.39 is 22.1 Å². The average Bonchev–Trinajstić information content (AvgIpc) is 2.67. The van der Waals surface area contributed by atoms with E-state index in [1.54, 1.807) is 42.5 Å². The summed E-state index contributed by atoms with van der Waals surface area (Å²) in [5.74, 6) is -0.248. The molecule has 0 spiro atoms. The first kappa shape index (κ1) is 18.5. The van der Waals surface area contributed by atoms with E-state index in [4.69, 9.17) is 9.92 Å². The smallest absolute Gasteiger partial charge is 0.339 e. The van der Waals surface area contributed by atoms with Crippen LogP contribution in [0.25, 0.3) is 10.8 Å². The number of aryl methyl sites for hydroxylation is 1. The van der Waals surface area contributed by atoms with Crippen LogP contribution in [0.2, 0.25) is 0 Å². The fourth-order valence-electron chi connectivity index (χ4n) is 3.66. The Balaban J connectivity index is 1.72. The SMILES string of the molecule is Cc1ccc(S(=O)(=O)Oc2ccc3c(c2)CCNC3C(N)=O)c2ccccc12. The standard InChI is InChI=1S/C21H20N2O4S/c1-13-6-9-19(18-5-3-2-4-16(13)18)28(25,26)27-15-7-8-17-14(12-15)10-11-23-20(17)21(22)24/h2-9,12,20,23H,10-11H2,1H3,(H2,22,24). The number of nitrogens with two attached hydrogens (primary N) is 1. The number of carbonyl (C=O) groups is 1. The number of primary amides is 1. The molecule has 0 saturated heterocycles. The van der Waals surface area contributed by atoms with Crippen LogP contribution in [0.3, 0.4) is 0 Å². The van der Waals surface area contributed by atoms with Crippen LogP contribution in [0.4, 0.5) is 0 Å². The van der Waals surface area contributed by atoms with E-state index in [0.717, 1.165) is 22.1 Å². The van der Waals surface area contributed by atoms with Crippen molar-refractivity contribution in [2.75, 3.05) is 6.54 Å². The maximum Gasteiger partial charge on any atom is 0.339 e. The monoisotopic (exact) mass is 396 g/mol. The maximum atomic E-state index is 13.0. The van der Waals surface area contributed by atoms with Crippen molar-refractivity contribution >= 4 is 26.8 Å². The first-order valence-electron chi connectivity index (χ1n) is 8.95. The molecule has 1 amide bonds. The number of benzene rings is 3. The summed E-state index contributed by atoms with van der Waals surface area (Å²) < 4.78 is 31.4. The molecule has 3 aromatic rings. The average molecular weight is 396 g/mol. The molecule has 1 atom stereocenters. The van der Waals surface area contributed by atoms with E-state index in [1.165, 1.54) is 0 Å². The first-order valence-corrected chi connectivity index (χ1v) is 10.4. The molecule has 6 nitrogen and oxygen atoms in total. The third-order valence-corrected chi connectivity index (χ3v) is 6.34. The Morgan fingerprint density at radius 3 is 2.61 bits per heavy atom. The van der Waals surface area contributed by atoms with Gasteiger partial charge in [-0.1, -0.05) is 36.4 Å². The van der Waals surface area contributed by atoms with Crippen LogP contribution >= 0.6 is 0 Å². The predicted molar refractivity (Wildman–Crippen MR) is 107 cm³/mol. The Kier molecular flexibility index (Phi) is 4.56. The molecule has 0 radical (unpaired) electrons. The Bertz CT molecular complexity index is 1190. The minimum Gasteiger partial charge on any atom is -0.379 e. The lowest BCUT2D eigenvalue weighted by Crippen LogP contribution is -2.38. The summed E-state index contributed by atoms with van der Waals surface area (Å²) in [5, 5.41) is 4.55. The van der Waals surface area contributed by atoms with Crippen molar-refractivity contribution in [1.82, 2.24) is 5.32 Å². The number of hydrogen-bond donors (Lipinski definition) is 2. The van der Waals surface area contributed by atoms with Gasteiger partial charge in [0, 0.05) is 11.9 Å². The summed E-state index contributed by atoms with van der Waals surface area (Å²) in [6, 6.07) is 15.0. The molecule has 1 unspecified atom stereocenters. The van der Waals surface area contributed by atoms with Crippen LogP contribution < -0.4 is 15.2 Å². The second kappa shape index (κ2) is 6.92. The lowest BCUT2D eigenvalue weighted by molar-refractivity contribution is -0.120. The Morgan fingerprint density at radius 1 is 1.11 bits per heavy atom. The molecule has 7 heteroatoms. The predicted octanol–water partition coefficient (Wildman–Crippen LogP) is 2.59. The highest BCUT2D eigenvalue weighted by Gasteiger charge is 2.26. The normalized spacial score (nSPS) is 16.5. The second-order valence-electron chi connectivity index (χ2n) is 6.86. The zero-order valence-electron chi connectivity index (χ0n) is 15.3. The van der Waals surface area contributed by atoms with Crippen LogP contribution in [-0.2, 0) is 21.3 Å². The van der Waals surface area contributed by atoms with Crippen molar-refractivity contribution in [3.63, 3.8) is 0 Å². The topological polar surface area (TPSA) is 98.5 Å². The van der Waals surface area contributed by atoms with Gasteiger partial charge in [-0.05, 0) is 53.6 Å². The van der Waals surface area contributed by atoms with Gasteiger partial charge in [0.25, 0.3) is 0 Å². The van der Waals surface area contributed by atoms with Crippen LogP contribution in [0.15, 0.2) is 59.5 Å². The molecule has 0 aromatic heterocycles. The van der Waals surface area contributed by atoms with Crippen molar-refractivity contribution in [3.05, 3.63) is 71.3 Å². The number of hydrogen-bond acceptors (Lipinski definition) is 5. The molecule has 0 fully saturated rings. The lowest BCUT2D eigenvalue weighted by Gasteiger charge is -2.25. The molecule has 3 aromatic carbocycles. The van der Waals surface area contributed by atoms with Gasteiger partial charge >= 0.3 is 10.1 Å². The highest BCUT2D eigenvalue weighted by atomic mass is 32.2. The van der Waals surface area contributed by atoms with E-state index in [9.17, 15) is 13.2 Å². The summed E-state index contributed by atoms with van der Waals surface area (Å²) in [6.45, 7) is 2.52. The zero-order chi connectivity index (χ0) is 19.9. The summed E-state index contributed by atoms with van der Waals surface area (Å²) in [6.07, 6.45) is 0.657. The molecule has 1 heterocycles. The Hall–Kier alpha value is -2.90. The van der Waals surface area contributed by atoms with Crippen molar-refractivity contribution in [3.8, 4) is 5.75 Å². The molecule has 1 aliphatic heterocycles. The Morgan fingerprint density at radius 2 is 1.86 bits per heavy atom. The number of amides is 1. The molecule has 144 valence electrons. The molecule has 28 heavy (non-hydrogen) atoms. The molecule has 4 rings (SSSR count). The van der Waals surface area contributed by atoms with Crippen molar-refractivity contribution < 1.29 is 17.4 Å². The lowest BCUT2D eigenvalue weighted by atomic mass is 9.94. The molecule has 3 N–H and O–H groups in total. The molecular formula is C21H20N2O4S. The molecule has 0 saturated carbocycles. The summed E-state index contributed by atoms with van der Waals surface area (Å²) in [4.78, 5) is 11.7. The maximum absolute atomic E-state index is 13.0. The van der Waals surface area contributed by atoms with Crippen LogP contribution in [0.5, 0.6) is 5.75 Å². The summed E-state index contributed by atoms with van der Waals surface area (Å²) in [7, 11) is -4.02. The van der Waals surface area contributed by atoms with Crippen LogP contribution in [0, 0.1) is 6.92 Å². The van der Waals surface area contributed by atoms with Crippen molar-refractivity contribution in [2.45, 2.75) is 24.3 Å². The van der Waals surface area contributed by atoms with E-state index in [-0.39, 0.29) is 10.6 Å². The quantitative estimate of drug-likeness (QED) is 0.661. The molecular weight excluding hydrogens is 376 g/mol. The highest BCUT2D eigenvalue weighted by Crippen LogP contribution is 2.31. The third kappa shape index (κ3) is 3.23. The Labute approximate surface area is 163 Å². The van der Waals surface area contributed by atoms with Crippen molar-refractivity contribution in [1.29, 1.82) is 0 Å². The minimum absolute atomic E-state index is 0.128. The zero-order valence-corrected chi connectivity index (χ0v) is 16.1. The van der Waals surface area contributed by atoms with Gasteiger partial charge in [0.15, 0.2) is 0 Å². The summed E-state index contributed by atoms with van der Waals surface area (Å²) in [5.41, 5.74) is 8.03. The number of rotatable bonds is 4. The number of carbonyl (C=O) groups excluding carboxylic acids is 1. The fraction of sp³-hybridized carbons (Fsp3) is 0.190.